The van der Waals surface area contributed by atoms with E-state index in [0.29, 0.717) is 17.6 Å². The molecular weight excluding hydrogens is 314 g/mol. The molecule has 0 aliphatic carbocycles. The molecule has 1 fully saturated rings. The number of amides is 1. The molecule has 25 heavy (non-hydrogen) atoms. The Balaban J connectivity index is 1.70. The van der Waals surface area contributed by atoms with Gasteiger partial charge in [0.2, 0.25) is 0 Å². The molecule has 1 aliphatic heterocycles. The number of aromatic nitrogens is 2. The first kappa shape index (κ1) is 17.4. The molecule has 1 aliphatic rings. The summed E-state index contributed by atoms with van der Waals surface area (Å²) in [5.41, 5.74) is 2.91. The summed E-state index contributed by atoms with van der Waals surface area (Å²) in [6.07, 6.45) is 2.51. The lowest BCUT2D eigenvalue weighted by molar-refractivity contribution is 0.0957. The molecule has 0 spiro atoms. The van der Waals surface area contributed by atoms with Crippen molar-refractivity contribution in [1.29, 1.82) is 0 Å². The van der Waals surface area contributed by atoms with Crippen molar-refractivity contribution in [3.63, 3.8) is 0 Å². The van der Waals surface area contributed by atoms with Gasteiger partial charge in [0.15, 0.2) is 5.69 Å². The normalized spacial score (nSPS) is 15.8. The van der Waals surface area contributed by atoms with Gasteiger partial charge in [-0.05, 0) is 50.6 Å². The molecule has 1 aromatic carbocycles. The summed E-state index contributed by atoms with van der Waals surface area (Å²) in [6.45, 7) is 5.12. The van der Waals surface area contributed by atoms with Crippen LogP contribution in [0.25, 0.3) is 0 Å². The quantitative estimate of drug-likeness (QED) is 0.846. The number of aryl methyl sites for hydroxylation is 1. The van der Waals surface area contributed by atoms with Crippen molar-refractivity contribution in [2.24, 2.45) is 0 Å². The molecule has 1 amide bonds. The second-order valence-electron chi connectivity index (χ2n) is 6.43. The highest BCUT2D eigenvalue weighted by molar-refractivity contribution is 5.91. The highest BCUT2D eigenvalue weighted by Gasteiger charge is 2.23. The van der Waals surface area contributed by atoms with Crippen molar-refractivity contribution in [3.8, 4) is 0 Å². The van der Waals surface area contributed by atoms with Gasteiger partial charge in [0, 0.05) is 13.6 Å². The number of hydrogen-bond acceptors (Lipinski definition) is 5. The SMILES string of the molecule is CNC(=O)c1ccc(NCC(c2ccc(C)cc2)N2CCCC2)nn1. The summed E-state index contributed by atoms with van der Waals surface area (Å²) in [5, 5.41) is 14.0. The number of carbonyl (C=O) groups excluding carboxylic acids is 1. The highest BCUT2D eigenvalue weighted by atomic mass is 16.1. The van der Waals surface area contributed by atoms with E-state index in [0.717, 1.165) is 19.6 Å². The van der Waals surface area contributed by atoms with E-state index < -0.39 is 0 Å². The summed E-state index contributed by atoms with van der Waals surface area (Å²) in [4.78, 5) is 14.1. The minimum atomic E-state index is -0.228. The maximum absolute atomic E-state index is 11.5. The second kappa shape index (κ2) is 8.07. The van der Waals surface area contributed by atoms with Crippen molar-refractivity contribution in [1.82, 2.24) is 20.4 Å². The van der Waals surface area contributed by atoms with Crippen molar-refractivity contribution >= 4 is 11.7 Å². The number of anilines is 1. The first-order valence-electron chi connectivity index (χ1n) is 8.77. The fourth-order valence-corrected chi connectivity index (χ4v) is 3.18. The summed E-state index contributed by atoms with van der Waals surface area (Å²) < 4.78 is 0. The number of nitrogens with one attached hydrogen (secondary N) is 2. The van der Waals surface area contributed by atoms with Crippen LogP contribution in [-0.4, -0.2) is 47.7 Å². The predicted octanol–water partition coefficient (Wildman–Crippen LogP) is 2.39. The predicted molar refractivity (Wildman–Crippen MR) is 98.6 cm³/mol. The van der Waals surface area contributed by atoms with Crippen LogP contribution < -0.4 is 10.6 Å². The zero-order valence-corrected chi connectivity index (χ0v) is 14.8. The third kappa shape index (κ3) is 4.33. The zero-order valence-electron chi connectivity index (χ0n) is 14.8. The van der Waals surface area contributed by atoms with Crippen LogP contribution in [0.2, 0.25) is 0 Å². The molecular formula is C19H25N5O. The second-order valence-corrected chi connectivity index (χ2v) is 6.43. The van der Waals surface area contributed by atoms with Crippen LogP contribution in [0.3, 0.4) is 0 Å². The highest BCUT2D eigenvalue weighted by Crippen LogP contribution is 2.25. The van der Waals surface area contributed by atoms with Gasteiger partial charge in [-0.25, -0.2) is 0 Å². The third-order valence-electron chi connectivity index (χ3n) is 4.64. The Kier molecular flexibility index (Phi) is 5.60. The molecule has 0 radical (unpaired) electrons. The summed E-state index contributed by atoms with van der Waals surface area (Å²) in [6, 6.07) is 12.5. The molecule has 0 bridgehead atoms. The molecule has 1 saturated heterocycles. The Bertz CT molecular complexity index is 693. The molecule has 3 rings (SSSR count). The van der Waals surface area contributed by atoms with Gasteiger partial charge in [0.05, 0.1) is 6.04 Å². The van der Waals surface area contributed by atoms with Crippen LogP contribution in [0.15, 0.2) is 36.4 Å². The first-order valence-corrected chi connectivity index (χ1v) is 8.77. The van der Waals surface area contributed by atoms with E-state index in [1.165, 1.54) is 24.0 Å². The third-order valence-corrected chi connectivity index (χ3v) is 4.64. The number of nitrogens with zero attached hydrogens (tertiary/aromatic N) is 3. The molecule has 2 N–H and O–H groups in total. The minimum absolute atomic E-state index is 0.228. The van der Waals surface area contributed by atoms with Crippen molar-refractivity contribution in [3.05, 3.63) is 53.2 Å². The Morgan fingerprint density at radius 1 is 1.12 bits per heavy atom. The Morgan fingerprint density at radius 3 is 2.44 bits per heavy atom. The molecule has 2 aromatic rings. The Morgan fingerprint density at radius 2 is 1.84 bits per heavy atom. The first-order chi connectivity index (χ1) is 12.2. The molecule has 2 heterocycles. The fourth-order valence-electron chi connectivity index (χ4n) is 3.18. The van der Waals surface area contributed by atoms with Gasteiger partial charge >= 0.3 is 0 Å². The Labute approximate surface area is 148 Å². The standard InChI is InChI=1S/C19H25N5O/c1-14-5-7-15(8-6-14)17(24-11-3-4-12-24)13-21-18-10-9-16(22-23-18)19(25)20-2/h5-10,17H,3-4,11-13H2,1-2H3,(H,20,25)(H,21,23). The van der Waals surface area contributed by atoms with Gasteiger partial charge in [0.25, 0.3) is 5.91 Å². The molecule has 6 heteroatoms. The summed E-state index contributed by atoms with van der Waals surface area (Å²) in [5.74, 6) is 0.456. The number of carbonyl (C=O) groups is 1. The maximum atomic E-state index is 11.5. The molecule has 1 aromatic heterocycles. The minimum Gasteiger partial charge on any atom is -0.367 e. The number of benzene rings is 1. The van der Waals surface area contributed by atoms with Gasteiger partial charge in [-0.2, -0.15) is 0 Å². The lowest BCUT2D eigenvalue weighted by Gasteiger charge is -2.28. The van der Waals surface area contributed by atoms with Crippen molar-refractivity contribution in [2.45, 2.75) is 25.8 Å². The van der Waals surface area contributed by atoms with Crippen molar-refractivity contribution < 1.29 is 4.79 Å². The van der Waals surface area contributed by atoms with Gasteiger partial charge in [0.1, 0.15) is 5.82 Å². The maximum Gasteiger partial charge on any atom is 0.271 e. The monoisotopic (exact) mass is 339 g/mol. The van der Waals surface area contributed by atoms with Gasteiger partial charge < -0.3 is 10.6 Å². The molecule has 1 unspecified atom stereocenters. The van der Waals surface area contributed by atoms with Crippen LogP contribution >= 0.6 is 0 Å². The van der Waals surface area contributed by atoms with E-state index in [1.54, 1.807) is 19.2 Å². The van der Waals surface area contributed by atoms with Crippen LogP contribution in [0, 0.1) is 6.92 Å². The van der Waals surface area contributed by atoms with Crippen LogP contribution in [0.5, 0.6) is 0 Å². The topological polar surface area (TPSA) is 70.2 Å². The largest absolute Gasteiger partial charge is 0.367 e. The average molecular weight is 339 g/mol. The fraction of sp³-hybridized carbons (Fsp3) is 0.421. The lowest BCUT2D eigenvalue weighted by Crippen LogP contribution is -2.31. The number of hydrogen-bond donors (Lipinski definition) is 2. The summed E-state index contributed by atoms with van der Waals surface area (Å²) >= 11 is 0. The van der Waals surface area contributed by atoms with Gasteiger partial charge in [-0.3, -0.25) is 9.69 Å². The smallest absolute Gasteiger partial charge is 0.271 e. The van der Waals surface area contributed by atoms with E-state index in [1.807, 2.05) is 0 Å². The van der Waals surface area contributed by atoms with Crippen LogP contribution in [0.4, 0.5) is 5.82 Å². The lowest BCUT2D eigenvalue weighted by atomic mass is 10.0. The summed E-state index contributed by atoms with van der Waals surface area (Å²) in [7, 11) is 1.58. The van der Waals surface area contributed by atoms with Crippen LogP contribution in [0.1, 0.15) is 40.5 Å². The number of likely N-dealkylation sites (tertiary alicyclic amines) is 1. The molecule has 0 saturated carbocycles. The number of rotatable bonds is 6. The van der Waals surface area contributed by atoms with Gasteiger partial charge in [-0.15, -0.1) is 10.2 Å². The van der Waals surface area contributed by atoms with Crippen LogP contribution in [-0.2, 0) is 0 Å². The average Bonchev–Trinajstić information content (AvgIpc) is 3.17. The molecule has 1 atom stereocenters. The van der Waals surface area contributed by atoms with E-state index in [2.05, 4.69) is 56.9 Å². The zero-order chi connectivity index (χ0) is 17.6. The molecule has 132 valence electrons. The Hall–Kier alpha value is -2.47. The van der Waals surface area contributed by atoms with E-state index in [9.17, 15) is 4.79 Å². The van der Waals surface area contributed by atoms with E-state index in [-0.39, 0.29) is 5.91 Å². The van der Waals surface area contributed by atoms with E-state index in [4.69, 9.17) is 0 Å². The molecule has 6 nitrogen and oxygen atoms in total. The van der Waals surface area contributed by atoms with Crippen molar-refractivity contribution in [2.75, 3.05) is 32.0 Å². The van der Waals surface area contributed by atoms with E-state index >= 15 is 0 Å². The van der Waals surface area contributed by atoms with Gasteiger partial charge in [-0.1, -0.05) is 29.8 Å².